The number of carboxylic acid groups (broad SMARTS) is 1. The molecule has 0 heterocycles. The Labute approximate surface area is 107 Å². The van der Waals surface area contributed by atoms with Gasteiger partial charge in [-0.3, -0.25) is 10.2 Å². The van der Waals surface area contributed by atoms with E-state index in [2.05, 4.69) is 19.2 Å². The molecule has 1 atom stereocenters. The minimum absolute atomic E-state index is 0.487. The second-order valence-corrected chi connectivity index (χ2v) is 5.43. The number of thioether (sulfide) groups is 1. The predicted octanol–water partition coefficient (Wildman–Crippen LogP) is 1.48. The summed E-state index contributed by atoms with van der Waals surface area (Å²) in [4.78, 5) is 10.4. The zero-order chi connectivity index (χ0) is 13.3. The molecule has 0 unspecified atom stereocenters. The Morgan fingerprint density at radius 3 is 2.65 bits per heavy atom. The van der Waals surface area contributed by atoms with Crippen molar-refractivity contribution in [3.63, 3.8) is 0 Å². The van der Waals surface area contributed by atoms with Crippen molar-refractivity contribution in [3.8, 4) is 0 Å². The molecule has 0 spiro atoms. The molecule has 0 amide bonds. The monoisotopic (exact) mass is 261 g/mol. The fourth-order valence-corrected chi connectivity index (χ4v) is 1.82. The molecule has 0 aliphatic rings. The van der Waals surface area contributed by atoms with Crippen LogP contribution in [-0.4, -0.2) is 34.6 Å². The van der Waals surface area contributed by atoms with Gasteiger partial charge >= 0.3 is 5.97 Å². The highest BCUT2D eigenvalue weighted by atomic mass is 32.2. The van der Waals surface area contributed by atoms with E-state index in [9.17, 15) is 4.79 Å². The maximum atomic E-state index is 10.4. The number of nitrogens with two attached hydrogens (primary N) is 1. The van der Waals surface area contributed by atoms with Crippen molar-refractivity contribution in [2.45, 2.75) is 39.2 Å². The topological polar surface area (TPSA) is 99.2 Å². The summed E-state index contributed by atoms with van der Waals surface area (Å²) in [6, 6.07) is -0.759. The van der Waals surface area contributed by atoms with Crippen LogP contribution < -0.4 is 11.1 Å². The van der Waals surface area contributed by atoms with Crippen molar-refractivity contribution in [1.82, 2.24) is 5.32 Å². The molecular formula is C11H23N3O2S. The first kappa shape index (κ1) is 16.2. The first-order valence-electron chi connectivity index (χ1n) is 5.87. The molecule has 0 radical (unpaired) electrons. The molecule has 0 aromatic rings. The van der Waals surface area contributed by atoms with Gasteiger partial charge in [0.2, 0.25) is 0 Å². The summed E-state index contributed by atoms with van der Waals surface area (Å²) < 4.78 is 0. The lowest BCUT2D eigenvalue weighted by atomic mass is 10.1. The van der Waals surface area contributed by atoms with E-state index >= 15 is 0 Å². The second kappa shape index (κ2) is 9.30. The summed E-state index contributed by atoms with van der Waals surface area (Å²) in [7, 11) is 0. The largest absolute Gasteiger partial charge is 0.480 e. The van der Waals surface area contributed by atoms with E-state index in [0.29, 0.717) is 24.1 Å². The summed E-state index contributed by atoms with van der Waals surface area (Å²) in [5.41, 5.74) is 5.37. The minimum Gasteiger partial charge on any atom is -0.480 e. The van der Waals surface area contributed by atoms with Gasteiger partial charge in [-0.2, -0.15) is 0 Å². The SMILES string of the molecule is CC(C)CSC(=N)NCCCC[C@H](N)C(=O)O. The third kappa shape index (κ3) is 10.1. The van der Waals surface area contributed by atoms with Gasteiger partial charge in [-0.1, -0.05) is 25.6 Å². The van der Waals surface area contributed by atoms with E-state index in [1.54, 1.807) is 0 Å². The van der Waals surface area contributed by atoms with Crippen LogP contribution in [-0.2, 0) is 4.79 Å². The van der Waals surface area contributed by atoms with Gasteiger partial charge in [0.1, 0.15) is 6.04 Å². The molecule has 0 fully saturated rings. The average molecular weight is 261 g/mol. The number of hydrogen-bond acceptors (Lipinski definition) is 4. The molecule has 5 N–H and O–H groups in total. The van der Waals surface area contributed by atoms with Crippen molar-refractivity contribution in [1.29, 1.82) is 5.41 Å². The lowest BCUT2D eigenvalue weighted by Gasteiger charge is -2.09. The number of rotatable bonds is 8. The number of carboxylic acids is 1. The number of carbonyl (C=O) groups is 1. The molecule has 17 heavy (non-hydrogen) atoms. The van der Waals surface area contributed by atoms with Crippen molar-refractivity contribution in [3.05, 3.63) is 0 Å². The summed E-state index contributed by atoms with van der Waals surface area (Å²) in [5.74, 6) is 0.573. The highest BCUT2D eigenvalue weighted by Gasteiger charge is 2.09. The minimum atomic E-state index is -0.946. The maximum Gasteiger partial charge on any atom is 0.320 e. The van der Waals surface area contributed by atoms with Crippen molar-refractivity contribution >= 4 is 22.9 Å². The Bertz CT molecular complexity index is 247. The highest BCUT2D eigenvalue weighted by Crippen LogP contribution is 2.07. The van der Waals surface area contributed by atoms with Crippen LogP contribution in [0.25, 0.3) is 0 Å². The van der Waals surface area contributed by atoms with E-state index in [-0.39, 0.29) is 0 Å². The molecule has 0 aliphatic heterocycles. The van der Waals surface area contributed by atoms with Crippen LogP contribution in [0.4, 0.5) is 0 Å². The molecule has 0 aromatic heterocycles. The van der Waals surface area contributed by atoms with Gasteiger partial charge in [0, 0.05) is 12.3 Å². The quantitative estimate of drug-likeness (QED) is 0.301. The number of aliphatic carboxylic acids is 1. The first-order valence-corrected chi connectivity index (χ1v) is 6.85. The molecular weight excluding hydrogens is 238 g/mol. The maximum absolute atomic E-state index is 10.4. The third-order valence-corrected chi connectivity index (χ3v) is 3.37. The van der Waals surface area contributed by atoms with Crippen LogP contribution >= 0.6 is 11.8 Å². The molecule has 0 bridgehead atoms. The summed E-state index contributed by atoms with van der Waals surface area (Å²) in [6.07, 6.45) is 2.09. The second-order valence-electron chi connectivity index (χ2n) is 4.40. The zero-order valence-corrected chi connectivity index (χ0v) is 11.3. The summed E-state index contributed by atoms with van der Waals surface area (Å²) >= 11 is 1.51. The highest BCUT2D eigenvalue weighted by molar-refractivity contribution is 8.13. The van der Waals surface area contributed by atoms with Crippen molar-refractivity contribution in [2.75, 3.05) is 12.3 Å². The van der Waals surface area contributed by atoms with Crippen LogP contribution in [0, 0.1) is 11.3 Å². The third-order valence-electron chi connectivity index (χ3n) is 2.11. The Morgan fingerprint density at radius 2 is 2.12 bits per heavy atom. The number of unbranched alkanes of at least 4 members (excludes halogenated alkanes) is 1. The molecule has 0 aliphatic carbocycles. The van der Waals surface area contributed by atoms with Gasteiger partial charge in [-0.15, -0.1) is 0 Å². The van der Waals surface area contributed by atoms with Gasteiger partial charge in [-0.25, -0.2) is 0 Å². The predicted molar refractivity (Wildman–Crippen MR) is 72.5 cm³/mol. The molecule has 100 valence electrons. The summed E-state index contributed by atoms with van der Waals surface area (Å²) in [5, 5.41) is 19.7. The number of nitrogens with one attached hydrogen (secondary N) is 2. The molecule has 0 rings (SSSR count). The lowest BCUT2D eigenvalue weighted by molar-refractivity contribution is -0.138. The van der Waals surface area contributed by atoms with E-state index in [4.69, 9.17) is 16.2 Å². The van der Waals surface area contributed by atoms with Crippen molar-refractivity contribution < 1.29 is 9.90 Å². The fourth-order valence-electron chi connectivity index (χ4n) is 1.12. The molecule has 6 heteroatoms. The molecule has 5 nitrogen and oxygen atoms in total. The van der Waals surface area contributed by atoms with Crippen LogP contribution in [0.5, 0.6) is 0 Å². The summed E-state index contributed by atoms with van der Waals surface area (Å²) in [6.45, 7) is 4.94. The Morgan fingerprint density at radius 1 is 1.47 bits per heavy atom. The molecule has 0 saturated heterocycles. The fraction of sp³-hybridized carbons (Fsp3) is 0.818. The molecule has 0 saturated carbocycles. The van der Waals surface area contributed by atoms with Crippen LogP contribution in [0.3, 0.4) is 0 Å². The first-order chi connectivity index (χ1) is 7.93. The number of hydrogen-bond donors (Lipinski definition) is 4. The van der Waals surface area contributed by atoms with Gasteiger partial charge in [0.25, 0.3) is 0 Å². The van der Waals surface area contributed by atoms with E-state index in [0.717, 1.165) is 18.6 Å². The van der Waals surface area contributed by atoms with Gasteiger partial charge < -0.3 is 16.2 Å². The van der Waals surface area contributed by atoms with Crippen LogP contribution in [0.2, 0.25) is 0 Å². The van der Waals surface area contributed by atoms with Crippen molar-refractivity contribution in [2.24, 2.45) is 11.7 Å². The van der Waals surface area contributed by atoms with Gasteiger partial charge in [0.15, 0.2) is 5.17 Å². The number of amidine groups is 1. The standard InChI is InChI=1S/C11H23N3O2S/c1-8(2)7-17-11(13)14-6-4-3-5-9(12)10(15)16/h8-9H,3-7,12H2,1-2H3,(H2,13,14)(H,15,16)/t9-/m0/s1. The molecule has 0 aromatic carbocycles. The van der Waals surface area contributed by atoms with E-state index < -0.39 is 12.0 Å². The van der Waals surface area contributed by atoms with Gasteiger partial charge in [0.05, 0.1) is 0 Å². The smallest absolute Gasteiger partial charge is 0.320 e. The van der Waals surface area contributed by atoms with Crippen LogP contribution in [0.15, 0.2) is 0 Å². The Hall–Kier alpha value is -0.750. The van der Waals surface area contributed by atoms with Gasteiger partial charge in [-0.05, 0) is 25.2 Å². The van der Waals surface area contributed by atoms with Crippen LogP contribution in [0.1, 0.15) is 33.1 Å². The average Bonchev–Trinajstić information content (AvgIpc) is 2.25. The van der Waals surface area contributed by atoms with E-state index in [1.807, 2.05) is 0 Å². The Balaban J connectivity index is 3.39. The normalized spacial score (nSPS) is 12.5. The van der Waals surface area contributed by atoms with E-state index in [1.165, 1.54) is 11.8 Å². The zero-order valence-electron chi connectivity index (χ0n) is 10.5. The Kier molecular flexibility index (Phi) is 8.89. The lowest BCUT2D eigenvalue weighted by Crippen LogP contribution is -2.30.